The van der Waals surface area contributed by atoms with Crippen LogP contribution >= 0.6 is 15.9 Å². The maximum absolute atomic E-state index is 12.5. The van der Waals surface area contributed by atoms with Gasteiger partial charge >= 0.3 is 6.18 Å². The van der Waals surface area contributed by atoms with Gasteiger partial charge in [-0.15, -0.1) is 0 Å². The standard InChI is InChI=1S/C11H6BrF3N2/c12-8-3-1-2-7(4-8)9-5-10(11(13,14)15)17-6-16-9/h1-6H. The molecule has 6 heteroatoms. The van der Waals surface area contributed by atoms with Gasteiger partial charge in [0.15, 0.2) is 0 Å². The summed E-state index contributed by atoms with van der Waals surface area (Å²) >= 11 is 3.25. The Morgan fingerprint density at radius 3 is 2.47 bits per heavy atom. The van der Waals surface area contributed by atoms with Crippen molar-refractivity contribution in [1.29, 1.82) is 0 Å². The van der Waals surface area contributed by atoms with Crippen LogP contribution in [0.25, 0.3) is 11.3 Å². The highest BCUT2D eigenvalue weighted by molar-refractivity contribution is 9.10. The Kier molecular flexibility index (Phi) is 3.15. The Hall–Kier alpha value is -1.43. The van der Waals surface area contributed by atoms with Gasteiger partial charge in [-0.25, -0.2) is 9.97 Å². The van der Waals surface area contributed by atoms with Crippen molar-refractivity contribution >= 4 is 15.9 Å². The summed E-state index contributed by atoms with van der Waals surface area (Å²) in [7, 11) is 0. The van der Waals surface area contributed by atoms with E-state index in [1.54, 1.807) is 24.3 Å². The van der Waals surface area contributed by atoms with E-state index in [-0.39, 0.29) is 5.69 Å². The van der Waals surface area contributed by atoms with E-state index in [1.165, 1.54) is 0 Å². The van der Waals surface area contributed by atoms with Gasteiger partial charge in [0.25, 0.3) is 0 Å². The highest BCUT2D eigenvalue weighted by atomic mass is 79.9. The molecule has 1 heterocycles. The van der Waals surface area contributed by atoms with Gasteiger partial charge in [-0.05, 0) is 18.2 Å². The zero-order valence-electron chi connectivity index (χ0n) is 8.37. The summed E-state index contributed by atoms with van der Waals surface area (Å²) in [4.78, 5) is 7.04. The second-order valence-electron chi connectivity index (χ2n) is 3.30. The molecule has 2 aromatic rings. The summed E-state index contributed by atoms with van der Waals surface area (Å²) in [6.07, 6.45) is -3.54. The third kappa shape index (κ3) is 2.82. The first-order chi connectivity index (χ1) is 7.97. The number of alkyl halides is 3. The van der Waals surface area contributed by atoms with Crippen LogP contribution in [0, 0.1) is 0 Å². The first-order valence-electron chi connectivity index (χ1n) is 4.62. The van der Waals surface area contributed by atoms with Crippen molar-refractivity contribution in [2.45, 2.75) is 6.18 Å². The Labute approximate surface area is 104 Å². The van der Waals surface area contributed by atoms with Gasteiger partial charge in [0.2, 0.25) is 0 Å². The molecule has 88 valence electrons. The van der Waals surface area contributed by atoms with E-state index < -0.39 is 11.9 Å². The van der Waals surface area contributed by atoms with E-state index in [0.717, 1.165) is 16.9 Å². The third-order valence-corrected chi connectivity index (χ3v) is 2.57. The van der Waals surface area contributed by atoms with Crippen molar-refractivity contribution < 1.29 is 13.2 Å². The summed E-state index contributed by atoms with van der Waals surface area (Å²) in [5.41, 5.74) is -0.0941. The van der Waals surface area contributed by atoms with Crippen molar-refractivity contribution in [3.05, 3.63) is 46.8 Å². The maximum Gasteiger partial charge on any atom is 0.433 e. The van der Waals surface area contributed by atoms with Gasteiger partial charge in [-0.2, -0.15) is 13.2 Å². The average Bonchev–Trinajstić information content (AvgIpc) is 2.28. The van der Waals surface area contributed by atoms with Crippen LogP contribution in [0.1, 0.15) is 5.69 Å². The van der Waals surface area contributed by atoms with Gasteiger partial charge in [0.1, 0.15) is 12.0 Å². The molecule has 0 fully saturated rings. The van der Waals surface area contributed by atoms with Gasteiger partial charge in [0.05, 0.1) is 5.69 Å². The van der Waals surface area contributed by atoms with Crippen molar-refractivity contribution in [3.63, 3.8) is 0 Å². The van der Waals surface area contributed by atoms with Gasteiger partial charge in [0, 0.05) is 10.0 Å². The number of benzene rings is 1. The van der Waals surface area contributed by atoms with Crippen molar-refractivity contribution in [2.75, 3.05) is 0 Å². The molecular weight excluding hydrogens is 297 g/mol. The van der Waals surface area contributed by atoms with Crippen molar-refractivity contribution in [2.24, 2.45) is 0 Å². The highest BCUT2D eigenvalue weighted by Crippen LogP contribution is 2.29. The fourth-order valence-electron chi connectivity index (χ4n) is 1.32. The summed E-state index contributed by atoms with van der Waals surface area (Å²) < 4.78 is 38.2. The minimum Gasteiger partial charge on any atom is -0.236 e. The van der Waals surface area contributed by atoms with E-state index >= 15 is 0 Å². The van der Waals surface area contributed by atoms with Gasteiger partial charge in [-0.1, -0.05) is 28.1 Å². The molecule has 0 amide bonds. The molecule has 1 aromatic carbocycles. The van der Waals surface area contributed by atoms with Crippen LogP contribution in [-0.4, -0.2) is 9.97 Å². The lowest BCUT2D eigenvalue weighted by atomic mass is 10.1. The highest BCUT2D eigenvalue weighted by Gasteiger charge is 2.32. The topological polar surface area (TPSA) is 25.8 Å². The molecule has 0 radical (unpaired) electrons. The molecule has 17 heavy (non-hydrogen) atoms. The lowest BCUT2D eigenvalue weighted by Crippen LogP contribution is -2.08. The molecule has 2 rings (SSSR count). The average molecular weight is 303 g/mol. The molecule has 0 saturated heterocycles. The van der Waals surface area contributed by atoms with Gasteiger partial charge < -0.3 is 0 Å². The number of hydrogen-bond donors (Lipinski definition) is 0. The predicted octanol–water partition coefficient (Wildman–Crippen LogP) is 3.92. The lowest BCUT2D eigenvalue weighted by molar-refractivity contribution is -0.141. The van der Waals surface area contributed by atoms with E-state index in [1.807, 2.05) is 0 Å². The van der Waals surface area contributed by atoms with Crippen LogP contribution < -0.4 is 0 Å². The molecule has 0 aliphatic carbocycles. The molecule has 0 atom stereocenters. The minimum atomic E-state index is -4.45. The van der Waals surface area contributed by atoms with Crippen LogP contribution in [0.3, 0.4) is 0 Å². The second-order valence-corrected chi connectivity index (χ2v) is 4.21. The number of rotatable bonds is 1. The van der Waals surface area contributed by atoms with Crippen LogP contribution in [-0.2, 0) is 6.18 Å². The fourth-order valence-corrected chi connectivity index (χ4v) is 1.72. The summed E-state index contributed by atoms with van der Waals surface area (Å²) in [5, 5.41) is 0. The molecule has 0 saturated carbocycles. The smallest absolute Gasteiger partial charge is 0.236 e. The molecule has 0 spiro atoms. The summed E-state index contributed by atoms with van der Waals surface area (Å²) in [6.45, 7) is 0. The van der Waals surface area contributed by atoms with E-state index in [9.17, 15) is 13.2 Å². The van der Waals surface area contributed by atoms with Crippen molar-refractivity contribution in [3.8, 4) is 11.3 Å². The molecular formula is C11H6BrF3N2. The third-order valence-electron chi connectivity index (χ3n) is 2.08. The number of aromatic nitrogens is 2. The molecule has 0 unspecified atom stereocenters. The SMILES string of the molecule is FC(F)(F)c1cc(-c2cccc(Br)c2)ncn1. The Morgan fingerprint density at radius 1 is 1.06 bits per heavy atom. The summed E-state index contributed by atoms with van der Waals surface area (Å²) in [6, 6.07) is 7.83. The van der Waals surface area contributed by atoms with E-state index in [0.29, 0.717) is 5.56 Å². The normalized spacial score (nSPS) is 11.5. The molecule has 0 bridgehead atoms. The number of hydrogen-bond acceptors (Lipinski definition) is 2. The maximum atomic E-state index is 12.5. The zero-order chi connectivity index (χ0) is 12.5. The molecule has 0 aliphatic rings. The van der Waals surface area contributed by atoms with Gasteiger partial charge in [-0.3, -0.25) is 0 Å². The van der Waals surface area contributed by atoms with E-state index in [2.05, 4.69) is 25.9 Å². The van der Waals surface area contributed by atoms with Crippen LogP contribution in [0.5, 0.6) is 0 Å². The van der Waals surface area contributed by atoms with Crippen LogP contribution in [0.15, 0.2) is 41.1 Å². The molecule has 0 aliphatic heterocycles. The molecule has 1 aromatic heterocycles. The Morgan fingerprint density at radius 2 is 1.82 bits per heavy atom. The van der Waals surface area contributed by atoms with Crippen molar-refractivity contribution in [1.82, 2.24) is 9.97 Å². The first-order valence-corrected chi connectivity index (χ1v) is 5.41. The molecule has 2 nitrogen and oxygen atoms in total. The predicted molar refractivity (Wildman–Crippen MR) is 60.2 cm³/mol. The number of halogens is 4. The monoisotopic (exact) mass is 302 g/mol. The number of nitrogens with zero attached hydrogens (tertiary/aromatic N) is 2. The Balaban J connectivity index is 2.47. The summed E-state index contributed by atoms with van der Waals surface area (Å²) in [5.74, 6) is 0. The van der Waals surface area contributed by atoms with Crippen LogP contribution in [0.4, 0.5) is 13.2 Å². The van der Waals surface area contributed by atoms with E-state index in [4.69, 9.17) is 0 Å². The Bertz CT molecular complexity index is 540. The fraction of sp³-hybridized carbons (Fsp3) is 0.0909. The lowest BCUT2D eigenvalue weighted by Gasteiger charge is -2.07. The second kappa shape index (κ2) is 4.44. The van der Waals surface area contributed by atoms with Crippen LogP contribution in [0.2, 0.25) is 0 Å². The quantitative estimate of drug-likeness (QED) is 0.798. The first kappa shape index (κ1) is 12.0. The largest absolute Gasteiger partial charge is 0.433 e. The minimum absolute atomic E-state index is 0.244. The zero-order valence-corrected chi connectivity index (χ0v) is 9.96. The molecule has 0 N–H and O–H groups in total.